The summed E-state index contributed by atoms with van der Waals surface area (Å²) in [5.41, 5.74) is 5.93. The van der Waals surface area contributed by atoms with Gasteiger partial charge in [0.2, 0.25) is 0 Å². The molecule has 64 valence electrons. The topological polar surface area (TPSA) is 63.3 Å². The van der Waals surface area contributed by atoms with Crippen molar-refractivity contribution >= 4 is 5.97 Å². The standard InChI is InChI=1S/C9H11NO2/c10-8(9(11)12)6-7-4-2-1-3-5-7/h1-5,8H,6,10H2,(H,11,12)/t8-/m0/s1/i6T/t6?,8-. The molecule has 1 rings (SSSR count). The predicted octanol–water partition coefficient (Wildman–Crippen LogP) is 0.641. The van der Waals surface area contributed by atoms with E-state index in [2.05, 4.69) is 0 Å². The van der Waals surface area contributed by atoms with Gasteiger partial charge in [-0.25, -0.2) is 0 Å². The molecule has 2 atom stereocenters. The zero-order chi connectivity index (χ0) is 9.84. The summed E-state index contributed by atoms with van der Waals surface area (Å²) in [5, 5.41) is 8.57. The number of carboxylic acid groups (broad SMARTS) is 1. The molecule has 3 heteroatoms. The van der Waals surface area contributed by atoms with Gasteiger partial charge in [-0.15, -0.1) is 0 Å². The lowest BCUT2D eigenvalue weighted by molar-refractivity contribution is -0.138. The van der Waals surface area contributed by atoms with Crippen LogP contribution in [0.1, 0.15) is 6.93 Å². The maximum absolute atomic E-state index is 10.5. The minimum absolute atomic E-state index is 0.623. The van der Waals surface area contributed by atoms with E-state index in [9.17, 15) is 4.79 Å². The Morgan fingerprint density at radius 3 is 2.67 bits per heavy atom. The van der Waals surface area contributed by atoms with Gasteiger partial charge < -0.3 is 10.8 Å². The fraction of sp³-hybridized carbons (Fsp3) is 0.222. The lowest BCUT2D eigenvalue weighted by Gasteiger charge is -2.04. The van der Waals surface area contributed by atoms with E-state index in [-0.39, 0.29) is 0 Å². The van der Waals surface area contributed by atoms with Crippen molar-refractivity contribution < 1.29 is 11.3 Å². The summed E-state index contributed by atoms with van der Waals surface area (Å²) in [6.45, 7) is 0. The quantitative estimate of drug-likeness (QED) is 0.694. The van der Waals surface area contributed by atoms with Crippen LogP contribution in [0.15, 0.2) is 30.3 Å². The normalized spacial score (nSPS) is 16.2. The van der Waals surface area contributed by atoms with Crippen molar-refractivity contribution in [3.05, 3.63) is 35.9 Å². The van der Waals surface area contributed by atoms with Crippen molar-refractivity contribution in [3.8, 4) is 0 Å². The van der Waals surface area contributed by atoms with Gasteiger partial charge in [0.05, 0.1) is 0 Å². The molecule has 0 aliphatic rings. The molecular formula is C9H11NO2. The van der Waals surface area contributed by atoms with Crippen LogP contribution in [0.5, 0.6) is 0 Å². The minimum Gasteiger partial charge on any atom is -0.480 e. The highest BCUT2D eigenvalue weighted by molar-refractivity contribution is 5.73. The van der Waals surface area contributed by atoms with Gasteiger partial charge in [0.15, 0.2) is 0 Å². The largest absolute Gasteiger partial charge is 0.480 e. The van der Waals surface area contributed by atoms with Gasteiger partial charge in [-0.05, 0) is 12.0 Å². The highest BCUT2D eigenvalue weighted by atomic mass is 16.4. The van der Waals surface area contributed by atoms with Crippen LogP contribution in [0, 0.1) is 0 Å². The number of hydrogen-bond donors (Lipinski definition) is 2. The van der Waals surface area contributed by atoms with Crippen LogP contribution in [0.4, 0.5) is 0 Å². The predicted molar refractivity (Wildman–Crippen MR) is 45.8 cm³/mol. The molecule has 0 saturated carbocycles. The molecule has 0 aromatic heterocycles. The summed E-state index contributed by atoms with van der Waals surface area (Å²) in [4.78, 5) is 10.5. The zero-order valence-electron chi connectivity index (χ0n) is 7.47. The molecule has 1 unspecified atom stereocenters. The van der Waals surface area contributed by atoms with Gasteiger partial charge in [-0.1, -0.05) is 30.3 Å². The molecule has 0 bridgehead atoms. The summed E-state index contributed by atoms with van der Waals surface area (Å²) in [6.07, 6.45) is -0.904. The maximum atomic E-state index is 10.5. The Morgan fingerprint density at radius 1 is 1.58 bits per heavy atom. The summed E-state index contributed by atoms with van der Waals surface area (Å²) in [7, 11) is 0. The smallest absolute Gasteiger partial charge is 0.320 e. The fourth-order valence-electron chi connectivity index (χ4n) is 0.843. The number of carboxylic acids is 1. The second kappa shape index (κ2) is 3.88. The van der Waals surface area contributed by atoms with Crippen LogP contribution in [0.25, 0.3) is 0 Å². The monoisotopic (exact) mass is 167 g/mol. The summed E-state index contributed by atoms with van der Waals surface area (Å²) in [6, 6.07) is 7.54. The van der Waals surface area contributed by atoms with Gasteiger partial charge in [0, 0.05) is 1.37 Å². The first-order valence-corrected chi connectivity index (χ1v) is 3.58. The van der Waals surface area contributed by atoms with Crippen molar-refractivity contribution in [2.75, 3.05) is 0 Å². The number of benzene rings is 1. The highest BCUT2D eigenvalue weighted by Crippen LogP contribution is 2.01. The van der Waals surface area contributed by atoms with E-state index in [4.69, 9.17) is 12.2 Å². The van der Waals surface area contributed by atoms with Crippen LogP contribution >= 0.6 is 0 Å². The first-order valence-electron chi connectivity index (χ1n) is 4.16. The number of rotatable bonds is 3. The minimum atomic E-state index is -1.16. The lowest BCUT2D eigenvalue weighted by atomic mass is 10.1. The Hall–Kier alpha value is -1.35. The van der Waals surface area contributed by atoms with E-state index >= 15 is 0 Å². The third-order valence-electron chi connectivity index (χ3n) is 1.46. The van der Waals surface area contributed by atoms with E-state index < -0.39 is 18.4 Å². The molecule has 0 aliphatic carbocycles. The molecule has 12 heavy (non-hydrogen) atoms. The van der Waals surface area contributed by atoms with Crippen molar-refractivity contribution in [2.24, 2.45) is 5.73 Å². The number of carbonyl (C=O) groups is 1. The molecule has 0 radical (unpaired) electrons. The third-order valence-corrected chi connectivity index (χ3v) is 1.46. The van der Waals surface area contributed by atoms with Crippen LogP contribution in [0.3, 0.4) is 0 Å². The zero-order valence-corrected chi connectivity index (χ0v) is 6.47. The van der Waals surface area contributed by atoms with Crippen molar-refractivity contribution in [2.45, 2.75) is 12.4 Å². The van der Waals surface area contributed by atoms with E-state index in [0.29, 0.717) is 5.56 Å². The summed E-state index contributed by atoms with van der Waals surface area (Å²) < 4.78 is 7.54. The van der Waals surface area contributed by atoms with E-state index in [0.717, 1.165) is 0 Å². The second-order valence-corrected chi connectivity index (χ2v) is 2.44. The van der Waals surface area contributed by atoms with Gasteiger partial charge >= 0.3 is 5.97 Å². The van der Waals surface area contributed by atoms with E-state index in [1.807, 2.05) is 6.07 Å². The maximum Gasteiger partial charge on any atom is 0.320 e. The summed E-state index contributed by atoms with van der Waals surface area (Å²) >= 11 is 0. The molecule has 1 aromatic rings. The van der Waals surface area contributed by atoms with Crippen LogP contribution < -0.4 is 5.73 Å². The average Bonchev–Trinajstić information content (AvgIpc) is 2.17. The molecule has 3 nitrogen and oxygen atoms in total. The first-order chi connectivity index (χ1) is 6.13. The first kappa shape index (κ1) is 7.31. The van der Waals surface area contributed by atoms with Crippen molar-refractivity contribution in [3.63, 3.8) is 0 Å². The SMILES string of the molecule is [3H]C(c1ccccc1)[C@H](N)C(=O)O. The van der Waals surface area contributed by atoms with Crippen LogP contribution in [0.2, 0.25) is 0 Å². The highest BCUT2D eigenvalue weighted by Gasteiger charge is 2.10. The number of nitrogens with two attached hydrogens (primary N) is 1. The molecule has 0 heterocycles. The molecule has 0 fully saturated rings. The van der Waals surface area contributed by atoms with Crippen LogP contribution in [-0.2, 0) is 11.2 Å². The number of aliphatic carboxylic acids is 1. The molecule has 1 aromatic carbocycles. The molecule has 0 saturated heterocycles. The Kier molecular flexibility index (Phi) is 2.36. The summed E-state index contributed by atoms with van der Waals surface area (Å²) in [5.74, 6) is -1.15. The van der Waals surface area contributed by atoms with Crippen molar-refractivity contribution in [1.29, 1.82) is 0 Å². The van der Waals surface area contributed by atoms with E-state index in [1.54, 1.807) is 24.3 Å². The fourth-order valence-corrected chi connectivity index (χ4v) is 0.843. The van der Waals surface area contributed by atoms with E-state index in [1.165, 1.54) is 0 Å². The second-order valence-electron chi connectivity index (χ2n) is 2.44. The van der Waals surface area contributed by atoms with Gasteiger partial charge in [0.1, 0.15) is 6.04 Å². The Balaban J connectivity index is 2.79. The lowest BCUT2D eigenvalue weighted by Crippen LogP contribution is -2.32. The Labute approximate surface area is 72.2 Å². The Bertz CT molecular complexity index is 289. The molecule has 0 spiro atoms. The van der Waals surface area contributed by atoms with Crippen molar-refractivity contribution in [1.82, 2.24) is 0 Å². The number of hydrogen-bond acceptors (Lipinski definition) is 2. The molecular weight excluding hydrogens is 154 g/mol. The van der Waals surface area contributed by atoms with Gasteiger partial charge in [0.25, 0.3) is 0 Å². The molecule has 0 amide bonds. The van der Waals surface area contributed by atoms with Gasteiger partial charge in [-0.2, -0.15) is 0 Å². The molecule has 0 aliphatic heterocycles. The average molecular weight is 167 g/mol. The van der Waals surface area contributed by atoms with Crippen LogP contribution in [-0.4, -0.2) is 17.1 Å². The van der Waals surface area contributed by atoms with Gasteiger partial charge in [-0.3, -0.25) is 4.79 Å². The molecule has 3 N–H and O–H groups in total. The Morgan fingerprint density at radius 2 is 2.17 bits per heavy atom. The third kappa shape index (κ3) is 2.36.